The third-order valence-electron chi connectivity index (χ3n) is 13.2. The minimum absolute atomic E-state index is 0.151. The Morgan fingerprint density at radius 3 is 0.943 bits per heavy atom. The van der Waals surface area contributed by atoms with Crippen molar-refractivity contribution in [3.63, 3.8) is 0 Å². The number of furan rings is 2. The number of aryl methyl sites for hydroxylation is 2. The Morgan fingerprint density at radius 2 is 0.714 bits per heavy atom. The van der Waals surface area contributed by atoms with Crippen molar-refractivity contribution >= 4 is 11.8 Å². The zero-order valence-electron chi connectivity index (χ0n) is 43.9. The minimum Gasteiger partial charge on any atom is -0.507 e. The van der Waals surface area contributed by atoms with Crippen molar-refractivity contribution in [1.82, 2.24) is 10.6 Å². The molecule has 4 N–H and O–H groups in total. The van der Waals surface area contributed by atoms with E-state index in [9.17, 15) is 19.8 Å². The van der Waals surface area contributed by atoms with Crippen LogP contribution in [0.5, 0.6) is 23.0 Å². The van der Waals surface area contributed by atoms with Crippen LogP contribution >= 0.6 is 0 Å². The fraction of sp³-hybridized carbons (Fsp3) is 0.433. The molecule has 70 heavy (non-hydrogen) atoms. The molecule has 2 heterocycles. The van der Waals surface area contributed by atoms with Gasteiger partial charge in [0.2, 0.25) is 0 Å². The number of carbonyl (C=O) groups is 2. The van der Waals surface area contributed by atoms with Crippen molar-refractivity contribution in [3.8, 4) is 23.0 Å². The molecule has 4 aromatic carbocycles. The van der Waals surface area contributed by atoms with Gasteiger partial charge in [-0.3, -0.25) is 9.59 Å². The monoisotopic (exact) mass is 951 g/mol. The van der Waals surface area contributed by atoms with Crippen LogP contribution < -0.4 is 20.1 Å². The second-order valence-corrected chi connectivity index (χ2v) is 23.4. The van der Waals surface area contributed by atoms with E-state index in [-0.39, 0.29) is 97.0 Å². The van der Waals surface area contributed by atoms with Crippen molar-refractivity contribution in [3.05, 3.63) is 163 Å². The summed E-state index contributed by atoms with van der Waals surface area (Å²) in [6.07, 6.45) is 1.14. The molecule has 0 aliphatic heterocycles. The van der Waals surface area contributed by atoms with Crippen LogP contribution in [-0.2, 0) is 70.0 Å². The Labute approximate surface area is 415 Å². The first-order valence-electron chi connectivity index (χ1n) is 24.5. The average molecular weight is 951 g/mol. The maximum absolute atomic E-state index is 13.6. The third-order valence-corrected chi connectivity index (χ3v) is 13.2. The number of phenolic OH excluding ortho intramolecular Hbond substituents is 2. The normalized spacial score (nSPS) is 13.2. The van der Waals surface area contributed by atoms with Gasteiger partial charge in [-0.1, -0.05) is 132 Å². The number of rotatable bonds is 10. The van der Waals surface area contributed by atoms with Gasteiger partial charge in [0.25, 0.3) is 11.8 Å². The Kier molecular flexibility index (Phi) is 14.5. The lowest BCUT2D eigenvalue weighted by molar-refractivity contribution is -0.124. The topological polar surface area (TPSA) is 143 Å². The number of phenols is 2. The van der Waals surface area contributed by atoms with Gasteiger partial charge in [-0.15, -0.1) is 0 Å². The van der Waals surface area contributed by atoms with E-state index in [1.165, 1.54) is 0 Å². The molecule has 1 aliphatic rings. The lowest BCUT2D eigenvalue weighted by atomic mass is 9.79. The van der Waals surface area contributed by atoms with Crippen molar-refractivity contribution < 1.29 is 38.1 Å². The summed E-state index contributed by atoms with van der Waals surface area (Å²) in [7, 11) is 0. The lowest BCUT2D eigenvalue weighted by Gasteiger charge is -2.28. The van der Waals surface area contributed by atoms with Crippen molar-refractivity contribution in [2.45, 2.75) is 157 Å². The highest BCUT2D eigenvalue weighted by molar-refractivity contribution is 5.78. The van der Waals surface area contributed by atoms with Crippen LogP contribution in [0.2, 0.25) is 0 Å². The Balaban J connectivity index is 1.44. The quantitative estimate of drug-likeness (QED) is 0.106. The molecule has 2 amide bonds. The molecule has 0 atom stereocenters. The number of aromatic hydroxyl groups is 2. The van der Waals surface area contributed by atoms with Crippen LogP contribution in [0.1, 0.15) is 173 Å². The molecule has 0 radical (unpaired) electrons. The smallest absolute Gasteiger partial charge is 0.258 e. The molecule has 0 unspecified atom stereocenters. The summed E-state index contributed by atoms with van der Waals surface area (Å²) in [5, 5.41) is 31.2. The number of hydrogen-bond donors (Lipinski definition) is 4. The molecular formula is C60H74N2O8. The summed E-state index contributed by atoms with van der Waals surface area (Å²) in [5.74, 6) is 3.55. The van der Waals surface area contributed by atoms with Crippen molar-refractivity contribution in [2.24, 2.45) is 0 Å². The molecule has 8 bridgehead atoms. The van der Waals surface area contributed by atoms with Gasteiger partial charge in [0.1, 0.15) is 46.0 Å². The molecule has 372 valence electrons. The summed E-state index contributed by atoms with van der Waals surface area (Å²) in [6, 6.07) is 24.3. The van der Waals surface area contributed by atoms with Crippen LogP contribution in [-0.4, -0.2) is 35.2 Å². The van der Waals surface area contributed by atoms with E-state index < -0.39 is 0 Å². The first-order valence-corrected chi connectivity index (χ1v) is 24.5. The Bertz CT molecular complexity index is 2610. The van der Waals surface area contributed by atoms with Gasteiger partial charge in [-0.25, -0.2) is 0 Å². The van der Waals surface area contributed by atoms with Gasteiger partial charge in [0.05, 0.1) is 13.1 Å². The second-order valence-electron chi connectivity index (χ2n) is 23.4. The fourth-order valence-electron chi connectivity index (χ4n) is 8.93. The zero-order chi connectivity index (χ0) is 51.1. The van der Waals surface area contributed by atoms with Crippen molar-refractivity contribution in [2.75, 3.05) is 13.2 Å². The SMILES string of the molecule is Cc1ccc(CNC(=O)COc2c3cc(C(C)(C)C)cc2Cc2cc(C(C)(C)C)cc(c2O)Cc2cc(C(C)(C)C)cc(c2OCC(=O)NCc2ccc(C)o2)Cc2cc(C(C)(C)C)cc(c2O)C3)o1. The van der Waals surface area contributed by atoms with E-state index in [0.29, 0.717) is 45.3 Å². The highest BCUT2D eigenvalue weighted by Gasteiger charge is 2.29. The highest BCUT2D eigenvalue weighted by atomic mass is 16.5. The van der Waals surface area contributed by atoms with Crippen LogP contribution in [0.3, 0.4) is 0 Å². The summed E-state index contributed by atoms with van der Waals surface area (Å²) in [5.41, 5.74) is 9.04. The Morgan fingerprint density at radius 1 is 0.457 bits per heavy atom. The van der Waals surface area contributed by atoms with Gasteiger partial charge in [0.15, 0.2) is 13.2 Å². The predicted molar refractivity (Wildman–Crippen MR) is 277 cm³/mol. The summed E-state index contributed by atoms with van der Waals surface area (Å²) in [6.45, 7) is 29.6. The standard InChI is InChI=1S/C60H74N2O8/c1-35-15-17-49(69-35)31-61-51(63)33-67-55-41-19-37-23-45(57(3,4)5)25-39(53(37)65)21-43-29-48(60(12,13)14)30-44(56(43)68-34-52(64)62-32-50-18-16-36(2)70-50)22-40-26-46(58(6,7)8)24-38(54(40)66)20-42(55)28-47(27-41)59(9,10)11/h15-18,23-30,65-66H,19-22,31-34H2,1-14H3,(H,61,63)(H,62,64). The molecular weight excluding hydrogens is 877 g/mol. The minimum atomic E-state index is -0.313. The van der Waals surface area contributed by atoms with Crippen LogP contribution in [0.25, 0.3) is 0 Å². The van der Waals surface area contributed by atoms with Crippen LogP contribution in [0.15, 0.2) is 81.6 Å². The van der Waals surface area contributed by atoms with E-state index in [1.807, 2.05) is 38.1 Å². The molecule has 10 heteroatoms. The molecule has 0 saturated carbocycles. The van der Waals surface area contributed by atoms with Gasteiger partial charge in [-0.05, 0) is 127 Å². The molecule has 0 saturated heterocycles. The van der Waals surface area contributed by atoms with Gasteiger partial charge >= 0.3 is 0 Å². The highest BCUT2D eigenvalue weighted by Crippen LogP contribution is 2.44. The van der Waals surface area contributed by atoms with Crippen molar-refractivity contribution in [1.29, 1.82) is 0 Å². The van der Waals surface area contributed by atoms with E-state index in [0.717, 1.165) is 56.0 Å². The first-order chi connectivity index (χ1) is 32.6. The number of fused-ring (bicyclic) bond motifs is 8. The maximum Gasteiger partial charge on any atom is 0.258 e. The summed E-state index contributed by atoms with van der Waals surface area (Å²) in [4.78, 5) is 27.1. The second kappa shape index (κ2) is 19.8. The third kappa shape index (κ3) is 12.3. The number of benzene rings is 4. The first kappa shape index (κ1) is 51.4. The molecule has 7 rings (SSSR count). The van der Waals surface area contributed by atoms with Crippen LogP contribution in [0, 0.1) is 13.8 Å². The number of hydrogen-bond acceptors (Lipinski definition) is 8. The van der Waals surface area contributed by atoms with Crippen LogP contribution in [0.4, 0.5) is 0 Å². The molecule has 0 fully saturated rings. The average Bonchev–Trinajstić information content (AvgIpc) is 3.88. The lowest BCUT2D eigenvalue weighted by Crippen LogP contribution is -2.29. The van der Waals surface area contributed by atoms with E-state index >= 15 is 0 Å². The van der Waals surface area contributed by atoms with Gasteiger partial charge < -0.3 is 39.2 Å². The largest absolute Gasteiger partial charge is 0.507 e. The molecule has 1 aliphatic carbocycles. The molecule has 6 aromatic rings. The van der Waals surface area contributed by atoms with E-state index in [1.54, 1.807) is 0 Å². The number of ether oxygens (including phenoxy) is 2. The van der Waals surface area contributed by atoms with Gasteiger partial charge in [-0.2, -0.15) is 0 Å². The maximum atomic E-state index is 13.6. The molecule has 0 spiro atoms. The Hall–Kier alpha value is -6.42. The van der Waals surface area contributed by atoms with E-state index in [4.69, 9.17) is 18.3 Å². The molecule has 10 nitrogen and oxygen atoms in total. The molecule has 2 aromatic heterocycles. The fourth-order valence-corrected chi connectivity index (χ4v) is 8.93. The summed E-state index contributed by atoms with van der Waals surface area (Å²) >= 11 is 0. The number of amides is 2. The number of nitrogens with one attached hydrogen (secondary N) is 2. The van der Waals surface area contributed by atoms with E-state index in [2.05, 4.69) is 142 Å². The zero-order valence-corrected chi connectivity index (χ0v) is 43.9. The van der Waals surface area contributed by atoms with Gasteiger partial charge in [0, 0.05) is 25.7 Å². The summed E-state index contributed by atoms with van der Waals surface area (Å²) < 4.78 is 24.8. The predicted octanol–water partition coefficient (Wildman–Crippen LogP) is 12.2. The number of carbonyl (C=O) groups excluding carboxylic acids is 2.